The molecule has 0 aliphatic carbocycles. The van der Waals surface area contributed by atoms with Crippen LogP contribution in [0.15, 0.2) is 12.0 Å². The molecule has 0 saturated carbocycles. The van der Waals surface area contributed by atoms with Gasteiger partial charge >= 0.3 is 0 Å². The fourth-order valence-electron chi connectivity index (χ4n) is 1.13. The highest BCUT2D eigenvalue weighted by atomic mass is 32.2. The summed E-state index contributed by atoms with van der Waals surface area (Å²) in [7, 11) is -1.09. The molecule has 0 aromatic carbocycles. The Labute approximate surface area is 68.7 Å². The van der Waals surface area contributed by atoms with E-state index < -0.39 is 11.0 Å². The minimum absolute atomic E-state index is 0.0684. The lowest BCUT2D eigenvalue weighted by Gasteiger charge is -2.09. The molecule has 0 radical (unpaired) electrons. The molecule has 1 aliphatic rings. The zero-order valence-electron chi connectivity index (χ0n) is 6.23. The van der Waals surface area contributed by atoms with E-state index in [1.807, 2.05) is 0 Å². The van der Waals surface area contributed by atoms with Crippen molar-refractivity contribution in [3.05, 3.63) is 12.0 Å². The summed E-state index contributed by atoms with van der Waals surface area (Å²) in [4.78, 5) is 10.3. The van der Waals surface area contributed by atoms with Crippen molar-refractivity contribution < 1.29 is 9.00 Å². The fourth-order valence-corrected chi connectivity index (χ4v) is 1.97. The smallest absolute Gasteiger partial charge is 0.124 e. The number of hydrogen-bond donors (Lipinski definition) is 0. The van der Waals surface area contributed by atoms with Gasteiger partial charge in [0.05, 0.1) is 0 Å². The number of rotatable bonds is 3. The summed E-state index contributed by atoms with van der Waals surface area (Å²) >= 11 is 0. The number of nitrogens with zero attached hydrogens (tertiary/aromatic N) is 1. The van der Waals surface area contributed by atoms with Gasteiger partial charge in [0.1, 0.15) is 17.3 Å². The first-order valence-electron chi connectivity index (χ1n) is 3.51. The zero-order chi connectivity index (χ0) is 8.27. The van der Waals surface area contributed by atoms with E-state index in [1.54, 1.807) is 4.31 Å². The summed E-state index contributed by atoms with van der Waals surface area (Å²) in [6.07, 6.45) is 1.75. The molecular formula is C7H11NO2S. The molecule has 62 valence electrons. The van der Waals surface area contributed by atoms with Gasteiger partial charge in [-0.1, -0.05) is 6.58 Å². The maximum Gasteiger partial charge on any atom is 0.124 e. The van der Waals surface area contributed by atoms with Crippen LogP contribution in [-0.2, 0) is 15.8 Å². The normalized spacial score (nSPS) is 28.2. The summed E-state index contributed by atoms with van der Waals surface area (Å²) in [5.41, 5.74) is 0. The molecule has 1 saturated heterocycles. The van der Waals surface area contributed by atoms with Crippen molar-refractivity contribution in [1.29, 1.82) is 0 Å². The molecule has 0 spiro atoms. The first-order chi connectivity index (χ1) is 5.27. The molecule has 0 aromatic heterocycles. The Morgan fingerprint density at radius 2 is 2.36 bits per heavy atom. The fraction of sp³-hybridized carbons (Fsp3) is 0.571. The Kier molecular flexibility index (Phi) is 2.96. The minimum Gasteiger partial charge on any atom is -0.303 e. The summed E-state index contributed by atoms with van der Waals surface area (Å²) in [6, 6.07) is 0. The van der Waals surface area contributed by atoms with Gasteiger partial charge < -0.3 is 4.79 Å². The summed E-state index contributed by atoms with van der Waals surface area (Å²) < 4.78 is 12.8. The Morgan fingerprint density at radius 3 is 2.82 bits per heavy atom. The van der Waals surface area contributed by atoms with E-state index in [1.165, 1.54) is 5.41 Å². The van der Waals surface area contributed by atoms with Crippen LogP contribution in [0.5, 0.6) is 0 Å². The topological polar surface area (TPSA) is 37.4 Å². The molecule has 1 aliphatic heterocycles. The van der Waals surface area contributed by atoms with Gasteiger partial charge in [-0.15, -0.1) is 0 Å². The largest absolute Gasteiger partial charge is 0.303 e. The molecule has 0 bridgehead atoms. The molecule has 1 fully saturated rings. The number of aldehydes is 1. The SMILES string of the molecule is C=CS(=O)N1CCC(C=O)C1. The molecule has 0 amide bonds. The molecule has 11 heavy (non-hydrogen) atoms. The van der Waals surface area contributed by atoms with E-state index >= 15 is 0 Å². The summed E-state index contributed by atoms with van der Waals surface area (Å²) in [6.45, 7) is 4.78. The quantitative estimate of drug-likeness (QED) is 0.576. The van der Waals surface area contributed by atoms with Crippen LogP contribution >= 0.6 is 0 Å². The van der Waals surface area contributed by atoms with E-state index in [-0.39, 0.29) is 5.92 Å². The molecule has 1 rings (SSSR count). The lowest BCUT2D eigenvalue weighted by molar-refractivity contribution is -0.110. The van der Waals surface area contributed by atoms with E-state index in [9.17, 15) is 9.00 Å². The van der Waals surface area contributed by atoms with Crippen molar-refractivity contribution in [2.45, 2.75) is 6.42 Å². The molecular weight excluding hydrogens is 162 g/mol. The van der Waals surface area contributed by atoms with Crippen molar-refractivity contribution in [3.63, 3.8) is 0 Å². The van der Waals surface area contributed by atoms with Gasteiger partial charge in [0.25, 0.3) is 0 Å². The second-order valence-corrected chi connectivity index (χ2v) is 3.92. The third kappa shape index (κ3) is 1.97. The number of carbonyl (C=O) groups is 1. The predicted molar refractivity (Wildman–Crippen MR) is 44.1 cm³/mol. The molecule has 0 aromatic rings. The van der Waals surface area contributed by atoms with Crippen LogP contribution in [0.3, 0.4) is 0 Å². The van der Waals surface area contributed by atoms with Gasteiger partial charge in [-0.2, -0.15) is 0 Å². The zero-order valence-corrected chi connectivity index (χ0v) is 7.05. The van der Waals surface area contributed by atoms with Crippen molar-refractivity contribution in [3.8, 4) is 0 Å². The highest BCUT2D eigenvalue weighted by Gasteiger charge is 2.24. The Balaban J connectivity index is 2.47. The van der Waals surface area contributed by atoms with Crippen LogP contribution in [0.4, 0.5) is 0 Å². The van der Waals surface area contributed by atoms with Crippen LogP contribution in [0, 0.1) is 5.92 Å². The van der Waals surface area contributed by atoms with Gasteiger partial charge in [0.2, 0.25) is 0 Å². The Bertz CT molecular complexity index is 193. The van der Waals surface area contributed by atoms with E-state index in [0.29, 0.717) is 6.54 Å². The molecule has 2 unspecified atom stereocenters. The summed E-state index contributed by atoms with van der Waals surface area (Å²) in [5.74, 6) is 0.0684. The van der Waals surface area contributed by atoms with Gasteiger partial charge in [-0.05, 0) is 6.42 Å². The lowest BCUT2D eigenvalue weighted by atomic mass is 10.2. The Morgan fingerprint density at radius 1 is 1.64 bits per heavy atom. The lowest BCUT2D eigenvalue weighted by Crippen LogP contribution is -2.21. The molecule has 1 heterocycles. The maximum atomic E-state index is 11.1. The van der Waals surface area contributed by atoms with Crippen LogP contribution in [0.25, 0.3) is 0 Å². The molecule has 2 atom stereocenters. The average molecular weight is 173 g/mol. The highest BCUT2D eigenvalue weighted by molar-refractivity contribution is 7.85. The van der Waals surface area contributed by atoms with Crippen molar-refractivity contribution in [2.24, 2.45) is 5.92 Å². The predicted octanol–water partition coefficient (Wildman–Crippen LogP) is 0.314. The van der Waals surface area contributed by atoms with E-state index in [2.05, 4.69) is 6.58 Å². The highest BCUT2D eigenvalue weighted by Crippen LogP contribution is 2.15. The van der Waals surface area contributed by atoms with E-state index in [0.717, 1.165) is 19.3 Å². The average Bonchev–Trinajstić information content (AvgIpc) is 2.50. The van der Waals surface area contributed by atoms with Gasteiger partial charge in [0, 0.05) is 24.4 Å². The Hall–Kier alpha value is -0.480. The van der Waals surface area contributed by atoms with Crippen LogP contribution in [-0.4, -0.2) is 27.9 Å². The van der Waals surface area contributed by atoms with E-state index in [4.69, 9.17) is 0 Å². The monoisotopic (exact) mass is 173 g/mol. The first kappa shape index (κ1) is 8.62. The number of hydrogen-bond acceptors (Lipinski definition) is 2. The third-order valence-electron chi connectivity index (χ3n) is 1.78. The van der Waals surface area contributed by atoms with Crippen LogP contribution in [0.1, 0.15) is 6.42 Å². The third-order valence-corrected chi connectivity index (χ3v) is 2.90. The standard InChI is InChI=1S/C7H11NO2S/c1-2-11(10)8-4-3-7(5-8)6-9/h2,6-7H,1,3-5H2. The van der Waals surface area contributed by atoms with Crippen molar-refractivity contribution in [1.82, 2.24) is 4.31 Å². The van der Waals surface area contributed by atoms with Crippen LogP contribution in [0.2, 0.25) is 0 Å². The van der Waals surface area contributed by atoms with Gasteiger partial charge in [-0.3, -0.25) is 0 Å². The summed E-state index contributed by atoms with van der Waals surface area (Å²) in [5, 5.41) is 1.40. The number of carbonyl (C=O) groups excluding carboxylic acids is 1. The molecule has 0 N–H and O–H groups in total. The van der Waals surface area contributed by atoms with Crippen molar-refractivity contribution >= 4 is 17.3 Å². The maximum absolute atomic E-state index is 11.1. The molecule has 3 nitrogen and oxygen atoms in total. The second-order valence-electron chi connectivity index (χ2n) is 2.52. The van der Waals surface area contributed by atoms with Gasteiger partial charge in [-0.25, -0.2) is 8.51 Å². The first-order valence-corrected chi connectivity index (χ1v) is 4.68. The minimum atomic E-state index is -1.09. The van der Waals surface area contributed by atoms with Gasteiger partial charge in [0.15, 0.2) is 0 Å². The van der Waals surface area contributed by atoms with Crippen molar-refractivity contribution in [2.75, 3.05) is 13.1 Å². The second kappa shape index (κ2) is 3.78. The van der Waals surface area contributed by atoms with Crippen LogP contribution < -0.4 is 0 Å². The molecule has 4 heteroatoms.